The van der Waals surface area contributed by atoms with Gasteiger partial charge in [0.05, 0.1) is 11.2 Å². The summed E-state index contributed by atoms with van der Waals surface area (Å²) >= 11 is 0. The molecule has 1 heterocycles. The highest BCUT2D eigenvalue weighted by Crippen LogP contribution is 2.29. The molecule has 8 heteroatoms. The van der Waals surface area contributed by atoms with Crippen LogP contribution in [0.3, 0.4) is 0 Å². The predicted octanol–water partition coefficient (Wildman–Crippen LogP) is 2.34. The summed E-state index contributed by atoms with van der Waals surface area (Å²) in [5, 5.41) is 3.53. The Bertz CT molecular complexity index is 916. The molecule has 1 atom stereocenters. The molecule has 0 saturated heterocycles. The van der Waals surface area contributed by atoms with Gasteiger partial charge in [-0.2, -0.15) is 0 Å². The molecule has 1 aromatic carbocycles. The third-order valence-electron chi connectivity index (χ3n) is 4.17. The molecular weight excluding hydrogens is 380 g/mol. The van der Waals surface area contributed by atoms with Crippen molar-refractivity contribution in [2.75, 3.05) is 13.1 Å². The Morgan fingerprint density at radius 2 is 1.75 bits per heavy atom. The SMILES string of the molecule is C=CCNC(=O)C(=O)NC[C@@H](c1ccco1)S(=O)(=O)c1ccc(C(C)C)cc1. The molecule has 2 aromatic rings. The van der Waals surface area contributed by atoms with Crippen molar-refractivity contribution < 1.29 is 22.4 Å². The number of sulfone groups is 1. The van der Waals surface area contributed by atoms with E-state index in [1.54, 1.807) is 30.3 Å². The Balaban J connectivity index is 2.24. The summed E-state index contributed by atoms with van der Waals surface area (Å²) in [5.41, 5.74) is 1.01. The number of nitrogens with one attached hydrogen (secondary N) is 2. The topological polar surface area (TPSA) is 105 Å². The summed E-state index contributed by atoms with van der Waals surface area (Å²) in [6, 6.07) is 9.70. The molecule has 0 unspecified atom stereocenters. The van der Waals surface area contributed by atoms with Gasteiger partial charge >= 0.3 is 11.8 Å². The minimum Gasteiger partial charge on any atom is -0.468 e. The van der Waals surface area contributed by atoms with Crippen LogP contribution in [0.4, 0.5) is 0 Å². The highest BCUT2D eigenvalue weighted by molar-refractivity contribution is 7.91. The van der Waals surface area contributed by atoms with Crippen molar-refractivity contribution in [1.82, 2.24) is 10.6 Å². The zero-order chi connectivity index (χ0) is 20.7. The minimum absolute atomic E-state index is 0.114. The molecule has 7 nitrogen and oxygen atoms in total. The molecule has 0 aliphatic heterocycles. The number of rotatable bonds is 8. The fourth-order valence-corrected chi connectivity index (χ4v) is 4.14. The van der Waals surface area contributed by atoms with Gasteiger partial charge in [0.15, 0.2) is 9.84 Å². The third-order valence-corrected chi connectivity index (χ3v) is 6.25. The molecule has 0 aliphatic rings. The Kier molecular flexibility index (Phi) is 7.17. The van der Waals surface area contributed by atoms with Crippen molar-refractivity contribution in [1.29, 1.82) is 0 Å². The van der Waals surface area contributed by atoms with Gasteiger partial charge in [-0.05, 0) is 35.7 Å². The molecule has 2 N–H and O–H groups in total. The molecule has 0 fully saturated rings. The number of carbonyl (C=O) groups is 2. The largest absolute Gasteiger partial charge is 0.468 e. The number of carbonyl (C=O) groups excluding carboxylic acids is 2. The van der Waals surface area contributed by atoms with E-state index in [0.29, 0.717) is 0 Å². The minimum atomic E-state index is -3.86. The summed E-state index contributed by atoms with van der Waals surface area (Å²) in [5.74, 6) is -1.34. The van der Waals surface area contributed by atoms with Crippen LogP contribution in [-0.2, 0) is 19.4 Å². The first kappa shape index (κ1) is 21.4. The Morgan fingerprint density at radius 1 is 1.11 bits per heavy atom. The van der Waals surface area contributed by atoms with E-state index in [1.807, 2.05) is 13.8 Å². The third kappa shape index (κ3) is 5.10. The quantitative estimate of drug-likeness (QED) is 0.519. The van der Waals surface area contributed by atoms with E-state index in [-0.39, 0.29) is 29.7 Å². The van der Waals surface area contributed by atoms with Crippen LogP contribution in [0.15, 0.2) is 64.6 Å². The van der Waals surface area contributed by atoms with Gasteiger partial charge in [0.2, 0.25) is 0 Å². The van der Waals surface area contributed by atoms with Crippen molar-refractivity contribution in [2.24, 2.45) is 0 Å². The highest BCUT2D eigenvalue weighted by atomic mass is 32.2. The van der Waals surface area contributed by atoms with E-state index in [9.17, 15) is 18.0 Å². The molecule has 0 saturated carbocycles. The molecule has 0 spiro atoms. The Labute approximate surface area is 164 Å². The molecule has 0 aliphatic carbocycles. The van der Waals surface area contributed by atoms with E-state index in [1.165, 1.54) is 18.4 Å². The average Bonchev–Trinajstić information content (AvgIpc) is 3.20. The van der Waals surface area contributed by atoms with E-state index < -0.39 is 26.9 Å². The molecular formula is C20H24N2O5S. The lowest BCUT2D eigenvalue weighted by Gasteiger charge is -2.17. The van der Waals surface area contributed by atoms with Crippen molar-refractivity contribution >= 4 is 21.7 Å². The lowest BCUT2D eigenvalue weighted by molar-refractivity contribution is -0.139. The fourth-order valence-electron chi connectivity index (χ4n) is 2.56. The van der Waals surface area contributed by atoms with E-state index in [2.05, 4.69) is 17.2 Å². The van der Waals surface area contributed by atoms with Crippen molar-refractivity contribution in [3.8, 4) is 0 Å². The normalized spacial score (nSPS) is 12.4. The molecule has 28 heavy (non-hydrogen) atoms. The van der Waals surface area contributed by atoms with E-state index in [0.717, 1.165) is 5.56 Å². The monoisotopic (exact) mass is 404 g/mol. The van der Waals surface area contributed by atoms with Crippen LogP contribution >= 0.6 is 0 Å². The van der Waals surface area contributed by atoms with Crippen molar-refractivity contribution in [3.63, 3.8) is 0 Å². The van der Waals surface area contributed by atoms with Gasteiger partial charge in [0, 0.05) is 13.1 Å². The summed E-state index contributed by atoms with van der Waals surface area (Å²) in [7, 11) is -3.86. The van der Waals surface area contributed by atoms with Crippen LogP contribution in [0.2, 0.25) is 0 Å². The van der Waals surface area contributed by atoms with Gasteiger partial charge in [0.25, 0.3) is 0 Å². The van der Waals surface area contributed by atoms with Crippen LogP contribution in [0.1, 0.15) is 36.3 Å². The van der Waals surface area contributed by atoms with Gasteiger partial charge in [-0.3, -0.25) is 9.59 Å². The Morgan fingerprint density at radius 3 is 2.29 bits per heavy atom. The molecule has 2 amide bonds. The van der Waals surface area contributed by atoms with Crippen molar-refractivity contribution in [3.05, 3.63) is 66.6 Å². The Hall–Kier alpha value is -2.87. The van der Waals surface area contributed by atoms with Crippen molar-refractivity contribution in [2.45, 2.75) is 29.9 Å². The lowest BCUT2D eigenvalue weighted by atomic mass is 10.0. The standard InChI is InChI=1S/C20H24N2O5S/c1-4-11-21-19(23)20(24)22-13-18(17-6-5-12-27-17)28(25,26)16-9-7-15(8-10-16)14(2)3/h4-10,12,14,18H,1,11,13H2,2-3H3,(H,21,23)(H,22,24)/t18-/m0/s1. The van der Waals surface area contributed by atoms with Crippen LogP contribution in [0, 0.1) is 0 Å². The molecule has 0 radical (unpaired) electrons. The molecule has 1 aromatic heterocycles. The van der Waals surface area contributed by atoms with Crippen LogP contribution in [0.5, 0.6) is 0 Å². The summed E-state index contributed by atoms with van der Waals surface area (Å²) in [6.45, 7) is 7.31. The maximum absolute atomic E-state index is 13.1. The highest BCUT2D eigenvalue weighted by Gasteiger charge is 2.32. The number of benzene rings is 1. The summed E-state index contributed by atoms with van der Waals surface area (Å²) in [6.07, 6.45) is 2.79. The predicted molar refractivity (Wildman–Crippen MR) is 105 cm³/mol. The van der Waals surface area contributed by atoms with Crippen LogP contribution in [-0.4, -0.2) is 33.3 Å². The summed E-state index contributed by atoms with van der Waals surface area (Å²) in [4.78, 5) is 23.7. The number of furan rings is 1. The van der Waals surface area contributed by atoms with Gasteiger partial charge in [0.1, 0.15) is 11.0 Å². The molecule has 2 rings (SSSR count). The maximum atomic E-state index is 13.1. The average molecular weight is 404 g/mol. The first-order valence-corrected chi connectivity index (χ1v) is 10.4. The van der Waals surface area contributed by atoms with E-state index in [4.69, 9.17) is 4.42 Å². The lowest BCUT2D eigenvalue weighted by Crippen LogP contribution is -2.42. The number of hydrogen-bond acceptors (Lipinski definition) is 5. The zero-order valence-corrected chi connectivity index (χ0v) is 16.7. The second-order valence-corrected chi connectivity index (χ2v) is 8.61. The van der Waals surface area contributed by atoms with Gasteiger partial charge in [-0.15, -0.1) is 6.58 Å². The second kappa shape index (κ2) is 9.36. The van der Waals surface area contributed by atoms with Crippen LogP contribution < -0.4 is 10.6 Å². The zero-order valence-electron chi connectivity index (χ0n) is 15.8. The molecule has 0 bridgehead atoms. The second-order valence-electron chi connectivity index (χ2n) is 6.48. The van der Waals surface area contributed by atoms with Crippen LogP contribution in [0.25, 0.3) is 0 Å². The summed E-state index contributed by atoms with van der Waals surface area (Å²) < 4.78 is 31.6. The van der Waals surface area contributed by atoms with Gasteiger partial charge < -0.3 is 15.1 Å². The van der Waals surface area contributed by atoms with Gasteiger partial charge in [-0.1, -0.05) is 32.1 Å². The fraction of sp³-hybridized carbons (Fsp3) is 0.300. The maximum Gasteiger partial charge on any atom is 0.309 e. The first-order chi connectivity index (χ1) is 13.3. The number of amides is 2. The number of hydrogen-bond donors (Lipinski definition) is 2. The van der Waals surface area contributed by atoms with Gasteiger partial charge in [-0.25, -0.2) is 8.42 Å². The van der Waals surface area contributed by atoms with E-state index >= 15 is 0 Å². The smallest absolute Gasteiger partial charge is 0.309 e. The molecule has 150 valence electrons. The first-order valence-electron chi connectivity index (χ1n) is 8.81.